The molecule has 0 bridgehead atoms. The fourth-order valence-corrected chi connectivity index (χ4v) is 1.61. The third-order valence-corrected chi connectivity index (χ3v) is 3.13. The zero-order valence-electron chi connectivity index (χ0n) is 9.25. The molecule has 0 spiro atoms. The van der Waals surface area contributed by atoms with Gasteiger partial charge in [-0.25, -0.2) is 0 Å². The topological polar surface area (TPSA) is 43.4 Å². The third kappa shape index (κ3) is 3.45. The van der Waals surface area contributed by atoms with E-state index in [-0.39, 0.29) is 24.6 Å². The highest BCUT2D eigenvalue weighted by molar-refractivity contribution is 9.10. The van der Waals surface area contributed by atoms with Crippen molar-refractivity contribution in [2.24, 2.45) is 0 Å². The van der Waals surface area contributed by atoms with Crippen LogP contribution in [0.4, 0.5) is 0 Å². The van der Waals surface area contributed by atoms with Crippen LogP contribution in [0.1, 0.15) is 28.8 Å². The minimum Gasteiger partial charge on any atom is -0.469 e. The molecule has 1 rings (SSSR count). The molecule has 0 saturated carbocycles. The molecule has 86 valence electrons. The van der Waals surface area contributed by atoms with Gasteiger partial charge in [0, 0.05) is 16.5 Å². The van der Waals surface area contributed by atoms with Gasteiger partial charge >= 0.3 is 5.97 Å². The quantitative estimate of drug-likeness (QED) is 0.631. The standard InChI is InChI=1S/C12H13BrO3/c1-8-3-4-9(7-10(8)13)11(14)5-6-12(15)16-2/h3-4,7H,5-6H2,1-2H3. The Hall–Kier alpha value is -1.16. The Labute approximate surface area is 103 Å². The number of ketones is 1. The minimum atomic E-state index is -0.362. The van der Waals surface area contributed by atoms with Gasteiger partial charge in [0.25, 0.3) is 0 Å². The van der Waals surface area contributed by atoms with Gasteiger partial charge in [0.1, 0.15) is 0 Å². The van der Waals surface area contributed by atoms with Crippen LogP contribution in [-0.2, 0) is 9.53 Å². The van der Waals surface area contributed by atoms with Crippen LogP contribution in [0, 0.1) is 6.92 Å². The van der Waals surface area contributed by atoms with E-state index in [4.69, 9.17) is 0 Å². The summed E-state index contributed by atoms with van der Waals surface area (Å²) in [5.41, 5.74) is 1.69. The van der Waals surface area contributed by atoms with Crippen LogP contribution in [0.25, 0.3) is 0 Å². The van der Waals surface area contributed by atoms with Crippen molar-refractivity contribution in [3.8, 4) is 0 Å². The van der Waals surface area contributed by atoms with Crippen LogP contribution in [0.3, 0.4) is 0 Å². The number of ether oxygens (including phenoxy) is 1. The average Bonchev–Trinajstić information content (AvgIpc) is 2.29. The molecule has 0 radical (unpaired) electrons. The van der Waals surface area contributed by atoms with Gasteiger partial charge in [-0.3, -0.25) is 9.59 Å². The molecule has 0 saturated heterocycles. The van der Waals surface area contributed by atoms with Crippen LogP contribution in [0.15, 0.2) is 22.7 Å². The van der Waals surface area contributed by atoms with Gasteiger partial charge in [-0.05, 0) is 18.6 Å². The molecule has 4 heteroatoms. The number of aryl methyl sites for hydroxylation is 1. The highest BCUT2D eigenvalue weighted by atomic mass is 79.9. The van der Waals surface area contributed by atoms with E-state index < -0.39 is 0 Å². The molecule has 16 heavy (non-hydrogen) atoms. The number of hydrogen-bond donors (Lipinski definition) is 0. The molecule has 0 atom stereocenters. The van der Waals surface area contributed by atoms with E-state index in [0.717, 1.165) is 10.0 Å². The normalized spacial score (nSPS) is 9.94. The van der Waals surface area contributed by atoms with Crippen molar-refractivity contribution >= 4 is 27.7 Å². The summed E-state index contributed by atoms with van der Waals surface area (Å²) in [6.07, 6.45) is 0.309. The molecular formula is C12H13BrO3. The van der Waals surface area contributed by atoms with E-state index in [1.54, 1.807) is 12.1 Å². The monoisotopic (exact) mass is 284 g/mol. The predicted octanol–water partition coefficient (Wildman–Crippen LogP) is 2.89. The van der Waals surface area contributed by atoms with Gasteiger partial charge in [-0.2, -0.15) is 0 Å². The van der Waals surface area contributed by atoms with Gasteiger partial charge in [0.05, 0.1) is 13.5 Å². The maximum absolute atomic E-state index is 11.7. The molecule has 0 amide bonds. The van der Waals surface area contributed by atoms with Crippen LogP contribution >= 0.6 is 15.9 Å². The van der Waals surface area contributed by atoms with Crippen LogP contribution in [0.5, 0.6) is 0 Å². The summed E-state index contributed by atoms with van der Waals surface area (Å²) in [7, 11) is 1.31. The Morgan fingerprint density at radius 1 is 1.31 bits per heavy atom. The second kappa shape index (κ2) is 5.80. The van der Waals surface area contributed by atoms with E-state index in [1.165, 1.54) is 7.11 Å². The van der Waals surface area contributed by atoms with Crippen LogP contribution in [0.2, 0.25) is 0 Å². The molecule has 0 N–H and O–H groups in total. The van der Waals surface area contributed by atoms with Crippen molar-refractivity contribution in [3.63, 3.8) is 0 Å². The lowest BCUT2D eigenvalue weighted by molar-refractivity contribution is -0.140. The summed E-state index contributed by atoms with van der Waals surface area (Å²) < 4.78 is 5.38. The van der Waals surface area contributed by atoms with E-state index in [9.17, 15) is 9.59 Å². The molecule has 0 aromatic heterocycles. The van der Waals surface area contributed by atoms with Crippen LogP contribution < -0.4 is 0 Å². The summed E-state index contributed by atoms with van der Waals surface area (Å²) in [6, 6.07) is 5.41. The Morgan fingerprint density at radius 3 is 2.56 bits per heavy atom. The molecule has 0 heterocycles. The largest absolute Gasteiger partial charge is 0.469 e. The summed E-state index contributed by atoms with van der Waals surface area (Å²) in [4.78, 5) is 22.6. The van der Waals surface area contributed by atoms with Gasteiger partial charge in [0.15, 0.2) is 5.78 Å². The first kappa shape index (κ1) is 12.9. The van der Waals surface area contributed by atoms with Crippen molar-refractivity contribution in [1.82, 2.24) is 0 Å². The zero-order valence-corrected chi connectivity index (χ0v) is 10.8. The molecule has 1 aromatic carbocycles. The molecule has 0 aliphatic heterocycles. The molecule has 0 aliphatic rings. The molecule has 1 aromatic rings. The minimum absolute atomic E-state index is 0.0499. The molecule has 0 fully saturated rings. The maximum Gasteiger partial charge on any atom is 0.305 e. The number of methoxy groups -OCH3 is 1. The number of Topliss-reactive ketones (excluding diaryl/α,β-unsaturated/α-hetero) is 1. The van der Waals surface area contributed by atoms with E-state index >= 15 is 0 Å². The van der Waals surface area contributed by atoms with Crippen LogP contribution in [-0.4, -0.2) is 18.9 Å². The van der Waals surface area contributed by atoms with E-state index in [2.05, 4.69) is 20.7 Å². The third-order valence-electron chi connectivity index (χ3n) is 2.28. The second-order valence-electron chi connectivity index (χ2n) is 3.46. The molecule has 0 unspecified atom stereocenters. The maximum atomic E-state index is 11.7. The predicted molar refractivity (Wildman–Crippen MR) is 64.5 cm³/mol. The van der Waals surface area contributed by atoms with E-state index in [1.807, 2.05) is 13.0 Å². The number of carbonyl (C=O) groups is 2. The van der Waals surface area contributed by atoms with Gasteiger partial charge in [-0.1, -0.05) is 28.1 Å². The number of rotatable bonds is 4. The van der Waals surface area contributed by atoms with Crippen molar-refractivity contribution in [2.75, 3.05) is 7.11 Å². The average molecular weight is 285 g/mol. The molecule has 0 aliphatic carbocycles. The Morgan fingerprint density at radius 2 is 2.00 bits per heavy atom. The SMILES string of the molecule is COC(=O)CCC(=O)c1ccc(C)c(Br)c1. The summed E-state index contributed by atoms with van der Waals surface area (Å²) in [6.45, 7) is 1.95. The molecule has 3 nitrogen and oxygen atoms in total. The first-order valence-electron chi connectivity index (χ1n) is 4.90. The van der Waals surface area contributed by atoms with Crippen molar-refractivity contribution in [1.29, 1.82) is 0 Å². The number of benzene rings is 1. The Balaban J connectivity index is 2.66. The molecular weight excluding hydrogens is 272 g/mol. The highest BCUT2D eigenvalue weighted by Crippen LogP contribution is 2.18. The van der Waals surface area contributed by atoms with Gasteiger partial charge < -0.3 is 4.74 Å². The number of halogens is 1. The lowest BCUT2D eigenvalue weighted by atomic mass is 10.1. The summed E-state index contributed by atoms with van der Waals surface area (Å²) in [5.74, 6) is -0.411. The smallest absolute Gasteiger partial charge is 0.305 e. The first-order valence-corrected chi connectivity index (χ1v) is 5.70. The summed E-state index contributed by atoms with van der Waals surface area (Å²) >= 11 is 3.36. The number of hydrogen-bond acceptors (Lipinski definition) is 3. The highest BCUT2D eigenvalue weighted by Gasteiger charge is 2.10. The van der Waals surface area contributed by atoms with Crippen molar-refractivity contribution in [2.45, 2.75) is 19.8 Å². The summed E-state index contributed by atoms with van der Waals surface area (Å²) in [5, 5.41) is 0. The van der Waals surface area contributed by atoms with E-state index in [0.29, 0.717) is 5.56 Å². The number of esters is 1. The fraction of sp³-hybridized carbons (Fsp3) is 0.333. The zero-order chi connectivity index (χ0) is 12.1. The van der Waals surface area contributed by atoms with Gasteiger partial charge in [-0.15, -0.1) is 0 Å². The lowest BCUT2D eigenvalue weighted by Gasteiger charge is -2.03. The second-order valence-corrected chi connectivity index (χ2v) is 4.32. The van der Waals surface area contributed by atoms with Crippen molar-refractivity contribution in [3.05, 3.63) is 33.8 Å². The Bertz CT molecular complexity index is 413. The first-order chi connectivity index (χ1) is 7.54. The Kier molecular flexibility index (Phi) is 4.68. The van der Waals surface area contributed by atoms with Gasteiger partial charge in [0.2, 0.25) is 0 Å². The number of carbonyl (C=O) groups excluding carboxylic acids is 2. The fourth-order valence-electron chi connectivity index (χ4n) is 1.23. The lowest BCUT2D eigenvalue weighted by Crippen LogP contribution is -2.06. The van der Waals surface area contributed by atoms with Crippen molar-refractivity contribution < 1.29 is 14.3 Å².